The van der Waals surface area contributed by atoms with Gasteiger partial charge in [0.2, 0.25) is 5.91 Å². The Kier molecular flexibility index (Phi) is 8.96. The summed E-state index contributed by atoms with van der Waals surface area (Å²) in [6.07, 6.45) is 12.1. The third kappa shape index (κ3) is 5.83. The van der Waals surface area contributed by atoms with Gasteiger partial charge in [-0.1, -0.05) is 58.2 Å². The molecule has 212 valence electrons. The fourth-order valence-electron chi connectivity index (χ4n) is 7.98. The van der Waals surface area contributed by atoms with Gasteiger partial charge in [0, 0.05) is 35.6 Å². The first-order chi connectivity index (χ1) is 18.0. The Balaban J connectivity index is 1.64. The lowest BCUT2D eigenvalue weighted by molar-refractivity contribution is -0.191. The molecule has 1 aromatic carbocycles. The van der Waals surface area contributed by atoms with Crippen LogP contribution in [0.15, 0.2) is 18.2 Å². The summed E-state index contributed by atoms with van der Waals surface area (Å²) >= 11 is 0. The van der Waals surface area contributed by atoms with Gasteiger partial charge in [-0.15, -0.1) is 0 Å². The highest BCUT2D eigenvalue weighted by atomic mass is 16.4. The fraction of sp³-hybridized carbons (Fsp3) is 0.758. The van der Waals surface area contributed by atoms with Crippen LogP contribution in [-0.2, 0) is 9.59 Å². The zero-order valence-electron chi connectivity index (χ0n) is 24.8. The van der Waals surface area contributed by atoms with Crippen molar-refractivity contribution in [2.24, 2.45) is 23.7 Å². The monoisotopic (exact) mass is 524 g/mol. The van der Waals surface area contributed by atoms with Crippen LogP contribution >= 0.6 is 0 Å². The van der Waals surface area contributed by atoms with Crippen molar-refractivity contribution in [3.63, 3.8) is 0 Å². The van der Waals surface area contributed by atoms with Gasteiger partial charge in [0.1, 0.15) is 0 Å². The number of nitrogens with one attached hydrogen (secondary N) is 1. The molecule has 5 atom stereocenters. The van der Waals surface area contributed by atoms with E-state index in [2.05, 4.69) is 50.9 Å². The summed E-state index contributed by atoms with van der Waals surface area (Å²) < 4.78 is 0. The third-order valence-electron chi connectivity index (χ3n) is 10.5. The number of aliphatic carboxylic acids is 1. The van der Waals surface area contributed by atoms with Gasteiger partial charge >= 0.3 is 5.97 Å². The normalized spacial score (nSPS) is 29.6. The number of carboxylic acid groups (broad SMARTS) is 1. The van der Waals surface area contributed by atoms with Crippen LogP contribution in [0.5, 0.6) is 0 Å². The summed E-state index contributed by atoms with van der Waals surface area (Å²) in [7, 11) is 0. The number of carboxylic acids is 1. The highest BCUT2D eigenvalue weighted by Gasteiger charge is 2.64. The van der Waals surface area contributed by atoms with Crippen LogP contribution < -0.4 is 5.32 Å². The largest absolute Gasteiger partial charge is 0.481 e. The summed E-state index contributed by atoms with van der Waals surface area (Å²) in [5.41, 5.74) is 3.24. The van der Waals surface area contributed by atoms with Gasteiger partial charge < -0.3 is 10.4 Å². The fourth-order valence-corrected chi connectivity index (χ4v) is 7.98. The molecule has 0 bridgehead atoms. The van der Waals surface area contributed by atoms with Crippen molar-refractivity contribution in [3.8, 4) is 0 Å². The predicted molar refractivity (Wildman–Crippen MR) is 155 cm³/mol. The maximum atomic E-state index is 13.6. The minimum absolute atomic E-state index is 0.0251. The van der Waals surface area contributed by atoms with E-state index in [4.69, 9.17) is 0 Å². The summed E-state index contributed by atoms with van der Waals surface area (Å²) in [6, 6.07) is 6.72. The van der Waals surface area contributed by atoms with Crippen molar-refractivity contribution in [3.05, 3.63) is 29.3 Å². The van der Waals surface area contributed by atoms with Crippen molar-refractivity contribution in [2.75, 3.05) is 5.32 Å². The van der Waals surface area contributed by atoms with E-state index in [1.807, 2.05) is 19.1 Å². The van der Waals surface area contributed by atoms with Gasteiger partial charge in [-0.05, 0) is 101 Å². The molecular weight excluding hydrogens is 472 g/mol. The topological polar surface area (TPSA) is 69.6 Å². The second-order valence-electron chi connectivity index (χ2n) is 13.6. The molecule has 3 aliphatic carbocycles. The Labute approximate surface area is 231 Å². The molecule has 3 fully saturated rings. The van der Waals surface area contributed by atoms with Crippen molar-refractivity contribution >= 4 is 17.6 Å². The van der Waals surface area contributed by atoms with Crippen LogP contribution in [-0.4, -0.2) is 39.0 Å². The summed E-state index contributed by atoms with van der Waals surface area (Å²) in [6.45, 7) is 13.6. The van der Waals surface area contributed by atoms with Gasteiger partial charge in [-0.25, -0.2) is 0 Å². The molecule has 5 unspecified atom stereocenters. The minimum Gasteiger partial charge on any atom is -0.481 e. The Morgan fingerprint density at radius 2 is 1.76 bits per heavy atom. The number of anilines is 1. The smallest absolute Gasteiger partial charge is 0.303 e. The van der Waals surface area contributed by atoms with Crippen molar-refractivity contribution in [1.82, 2.24) is 4.90 Å². The van der Waals surface area contributed by atoms with E-state index in [0.717, 1.165) is 17.7 Å². The minimum atomic E-state index is -0.756. The molecule has 0 spiro atoms. The van der Waals surface area contributed by atoms with Gasteiger partial charge in [-0.2, -0.15) is 0 Å². The van der Waals surface area contributed by atoms with Crippen LogP contribution in [0.2, 0.25) is 0 Å². The number of carbonyl (C=O) groups is 2. The summed E-state index contributed by atoms with van der Waals surface area (Å²) in [4.78, 5) is 28.3. The quantitative estimate of drug-likeness (QED) is 0.261. The molecule has 0 radical (unpaired) electrons. The maximum absolute atomic E-state index is 13.6. The lowest BCUT2D eigenvalue weighted by Gasteiger charge is -2.69. The molecule has 1 amide bonds. The van der Waals surface area contributed by atoms with Gasteiger partial charge in [0.05, 0.1) is 0 Å². The first-order valence-electron chi connectivity index (χ1n) is 15.4. The number of carbonyl (C=O) groups excluding carboxylic acids is 1. The first-order valence-corrected chi connectivity index (χ1v) is 15.4. The van der Waals surface area contributed by atoms with Gasteiger partial charge in [0.15, 0.2) is 0 Å². The number of aryl methyl sites for hydroxylation is 2. The van der Waals surface area contributed by atoms with Crippen molar-refractivity contribution < 1.29 is 14.7 Å². The summed E-state index contributed by atoms with van der Waals surface area (Å²) in [5.74, 6) is 1.16. The highest BCUT2D eigenvalue weighted by Crippen LogP contribution is 2.62. The predicted octanol–water partition coefficient (Wildman–Crippen LogP) is 7.74. The Morgan fingerprint density at radius 1 is 1.05 bits per heavy atom. The number of nitrogens with zero attached hydrogens (tertiary/aromatic N) is 1. The van der Waals surface area contributed by atoms with E-state index >= 15 is 0 Å². The van der Waals surface area contributed by atoms with Crippen molar-refractivity contribution in [2.45, 2.75) is 136 Å². The van der Waals surface area contributed by atoms with Crippen LogP contribution in [0.1, 0.15) is 116 Å². The number of amides is 1. The maximum Gasteiger partial charge on any atom is 0.303 e. The molecule has 2 N–H and O–H groups in total. The molecule has 0 heterocycles. The van der Waals surface area contributed by atoms with E-state index in [1.54, 1.807) is 0 Å². The summed E-state index contributed by atoms with van der Waals surface area (Å²) in [5, 5.41) is 12.9. The lowest BCUT2D eigenvalue weighted by atomic mass is 9.53. The number of benzene rings is 1. The van der Waals surface area contributed by atoms with Crippen LogP contribution in [0.25, 0.3) is 0 Å². The van der Waals surface area contributed by atoms with Gasteiger partial charge in [0.25, 0.3) is 0 Å². The number of hydrogen-bond acceptors (Lipinski definition) is 3. The van der Waals surface area contributed by atoms with Crippen LogP contribution in [0, 0.1) is 37.5 Å². The average Bonchev–Trinajstić information content (AvgIpc) is 3.68. The molecule has 38 heavy (non-hydrogen) atoms. The zero-order chi connectivity index (χ0) is 27.7. The van der Waals surface area contributed by atoms with Crippen molar-refractivity contribution in [1.29, 1.82) is 0 Å². The molecule has 3 saturated carbocycles. The number of rotatable bonds is 14. The molecule has 5 heteroatoms. The molecule has 3 aliphatic rings. The Hall–Kier alpha value is -1.88. The van der Waals surface area contributed by atoms with E-state index in [9.17, 15) is 14.7 Å². The SMILES string of the molecule is Cc1ccc(NC(=O)CC(CCC(=O)O)C2(N(C3CC3)C3(CCCC(C)C)CCC3C)CCC2C)c(C)c1. The van der Waals surface area contributed by atoms with Crippen LogP contribution in [0.4, 0.5) is 5.69 Å². The van der Waals surface area contributed by atoms with E-state index in [1.165, 1.54) is 56.9 Å². The van der Waals surface area contributed by atoms with E-state index < -0.39 is 5.97 Å². The van der Waals surface area contributed by atoms with E-state index in [-0.39, 0.29) is 29.3 Å². The van der Waals surface area contributed by atoms with E-state index in [0.29, 0.717) is 36.6 Å². The molecule has 4 rings (SSSR count). The highest BCUT2D eigenvalue weighted by molar-refractivity contribution is 5.91. The lowest BCUT2D eigenvalue weighted by Crippen LogP contribution is -2.74. The second-order valence-corrected chi connectivity index (χ2v) is 13.6. The average molecular weight is 525 g/mol. The van der Waals surface area contributed by atoms with Crippen LogP contribution in [0.3, 0.4) is 0 Å². The zero-order valence-corrected chi connectivity index (χ0v) is 24.8. The Bertz CT molecular complexity index is 1000. The third-order valence-corrected chi connectivity index (χ3v) is 10.5. The standard InChI is InChI=1S/C33H52N2O3/c1-22(2)8-7-17-32(18-15-25(32)5)35(28-11-12-28)33(19-16-26(33)6)27(10-14-31(37)38)21-30(36)34-29-13-9-23(3)20-24(29)4/h9,13,20,22,25-28H,7-8,10-12,14-19,21H2,1-6H3,(H,34,36)(H,37,38). The molecule has 0 aromatic heterocycles. The Morgan fingerprint density at radius 3 is 2.24 bits per heavy atom. The molecule has 0 aliphatic heterocycles. The number of hydrogen-bond donors (Lipinski definition) is 2. The van der Waals surface area contributed by atoms with Gasteiger partial charge in [-0.3, -0.25) is 14.5 Å². The molecule has 1 aromatic rings. The molecule has 0 saturated heterocycles. The first kappa shape index (κ1) is 29.1. The second kappa shape index (κ2) is 11.7. The molecule has 5 nitrogen and oxygen atoms in total. The molecular formula is C33H52N2O3.